The molecule has 3 rings (SSSR count). The minimum atomic E-state index is -0.455. The zero-order valence-electron chi connectivity index (χ0n) is 13.2. The summed E-state index contributed by atoms with van der Waals surface area (Å²) in [6.07, 6.45) is 0. The maximum Gasteiger partial charge on any atom is 0.255 e. The van der Waals surface area contributed by atoms with Crippen molar-refractivity contribution in [1.29, 1.82) is 0 Å². The van der Waals surface area contributed by atoms with Crippen molar-refractivity contribution in [2.24, 2.45) is 0 Å². The number of hydrogen-bond donors (Lipinski definition) is 1. The Balaban J connectivity index is 1.62. The van der Waals surface area contributed by atoms with Crippen molar-refractivity contribution < 1.29 is 13.9 Å². The second-order valence-electron chi connectivity index (χ2n) is 5.38. The first kappa shape index (κ1) is 17.4. The lowest BCUT2D eigenvalue weighted by molar-refractivity contribution is 0.102. The van der Waals surface area contributed by atoms with Crippen LogP contribution in [0.15, 0.2) is 72.8 Å². The van der Waals surface area contributed by atoms with Gasteiger partial charge in [-0.1, -0.05) is 30.3 Å². The Bertz CT molecular complexity index is 867. The minimum Gasteiger partial charge on any atom is -0.489 e. The first-order valence-corrected chi connectivity index (χ1v) is 8.73. The Morgan fingerprint density at radius 2 is 1.72 bits per heavy atom. The van der Waals surface area contributed by atoms with Crippen molar-refractivity contribution in [3.8, 4) is 5.75 Å². The summed E-state index contributed by atoms with van der Waals surface area (Å²) in [7, 11) is 0. The predicted molar refractivity (Wildman–Crippen MR) is 104 cm³/mol. The van der Waals surface area contributed by atoms with Crippen LogP contribution in [-0.4, -0.2) is 5.91 Å². The highest BCUT2D eigenvalue weighted by Crippen LogP contribution is 2.19. The van der Waals surface area contributed by atoms with Crippen LogP contribution < -0.4 is 10.1 Å². The molecule has 0 heterocycles. The van der Waals surface area contributed by atoms with Gasteiger partial charge in [0.2, 0.25) is 0 Å². The lowest BCUT2D eigenvalue weighted by Gasteiger charge is -2.09. The van der Waals surface area contributed by atoms with E-state index in [0.717, 1.165) is 9.13 Å². The highest BCUT2D eigenvalue weighted by Gasteiger charge is 2.10. The fraction of sp³-hybridized carbons (Fsp3) is 0.0500. The number of ether oxygens (including phenoxy) is 1. The Kier molecular flexibility index (Phi) is 5.65. The van der Waals surface area contributed by atoms with E-state index in [2.05, 4.69) is 5.32 Å². The number of nitrogens with one attached hydrogen (secondary N) is 1. The molecule has 1 N–H and O–H groups in total. The average molecular weight is 447 g/mol. The Morgan fingerprint density at radius 1 is 1.00 bits per heavy atom. The second kappa shape index (κ2) is 8.11. The molecule has 0 saturated carbocycles. The van der Waals surface area contributed by atoms with Gasteiger partial charge in [0.15, 0.2) is 0 Å². The number of halogens is 2. The zero-order chi connectivity index (χ0) is 17.6. The molecule has 0 atom stereocenters. The molecule has 0 aromatic heterocycles. The second-order valence-corrected chi connectivity index (χ2v) is 6.62. The van der Waals surface area contributed by atoms with Crippen LogP contribution in [0, 0.1) is 9.39 Å². The Morgan fingerprint density at radius 3 is 2.40 bits per heavy atom. The SMILES string of the molecule is O=C(Nc1ccc(I)cc1F)c1ccc(OCc2ccccc2)cc1. The van der Waals surface area contributed by atoms with Gasteiger partial charge in [-0.3, -0.25) is 4.79 Å². The van der Waals surface area contributed by atoms with Gasteiger partial charge in [0, 0.05) is 9.13 Å². The molecule has 0 unspecified atom stereocenters. The van der Waals surface area contributed by atoms with Gasteiger partial charge in [0.1, 0.15) is 18.2 Å². The smallest absolute Gasteiger partial charge is 0.255 e. The van der Waals surface area contributed by atoms with Crippen LogP contribution in [0.5, 0.6) is 5.75 Å². The van der Waals surface area contributed by atoms with E-state index in [1.165, 1.54) is 6.07 Å². The van der Waals surface area contributed by atoms with E-state index < -0.39 is 5.82 Å². The molecule has 3 nitrogen and oxygen atoms in total. The fourth-order valence-electron chi connectivity index (χ4n) is 2.23. The number of benzene rings is 3. The first-order chi connectivity index (χ1) is 12.1. The standard InChI is InChI=1S/C20H15FINO2/c21-18-12-16(22)8-11-19(18)23-20(24)15-6-9-17(10-7-15)25-13-14-4-2-1-3-5-14/h1-12H,13H2,(H,23,24). The lowest BCUT2D eigenvalue weighted by Crippen LogP contribution is -2.13. The maximum absolute atomic E-state index is 13.8. The molecule has 1 amide bonds. The highest BCUT2D eigenvalue weighted by molar-refractivity contribution is 14.1. The van der Waals surface area contributed by atoms with Crippen LogP contribution in [-0.2, 0) is 6.61 Å². The number of rotatable bonds is 5. The summed E-state index contributed by atoms with van der Waals surface area (Å²) in [5.41, 5.74) is 1.67. The molecule has 0 radical (unpaired) electrons. The molecule has 25 heavy (non-hydrogen) atoms. The summed E-state index contributed by atoms with van der Waals surface area (Å²) >= 11 is 2.02. The normalized spacial score (nSPS) is 10.3. The van der Waals surface area contributed by atoms with Crippen LogP contribution in [0.1, 0.15) is 15.9 Å². The van der Waals surface area contributed by atoms with E-state index in [4.69, 9.17) is 4.74 Å². The van der Waals surface area contributed by atoms with Crippen molar-refractivity contribution in [2.45, 2.75) is 6.61 Å². The van der Waals surface area contributed by atoms with Crippen LogP contribution in [0.25, 0.3) is 0 Å². The third-order valence-electron chi connectivity index (χ3n) is 3.54. The monoisotopic (exact) mass is 447 g/mol. The number of anilines is 1. The molecule has 0 aliphatic heterocycles. The van der Waals surface area contributed by atoms with Gasteiger partial charge in [-0.05, 0) is 70.6 Å². The van der Waals surface area contributed by atoms with E-state index in [1.807, 2.05) is 52.9 Å². The summed E-state index contributed by atoms with van der Waals surface area (Å²) in [4.78, 5) is 12.2. The molecular weight excluding hydrogens is 432 g/mol. The third kappa shape index (κ3) is 4.79. The summed E-state index contributed by atoms with van der Waals surface area (Å²) in [5.74, 6) is -0.154. The van der Waals surface area contributed by atoms with Gasteiger partial charge < -0.3 is 10.1 Å². The van der Waals surface area contributed by atoms with Crippen LogP contribution in [0.4, 0.5) is 10.1 Å². The quantitative estimate of drug-likeness (QED) is 0.542. The Hall–Kier alpha value is -2.41. The fourth-order valence-corrected chi connectivity index (χ4v) is 2.68. The van der Waals surface area contributed by atoms with Crippen LogP contribution >= 0.6 is 22.6 Å². The van der Waals surface area contributed by atoms with Gasteiger partial charge in [0.05, 0.1) is 5.69 Å². The topological polar surface area (TPSA) is 38.3 Å². The molecule has 126 valence electrons. The molecule has 0 aliphatic rings. The third-order valence-corrected chi connectivity index (χ3v) is 4.22. The average Bonchev–Trinajstić information content (AvgIpc) is 2.63. The van der Waals surface area contributed by atoms with E-state index in [1.54, 1.807) is 36.4 Å². The van der Waals surface area contributed by atoms with Crippen molar-refractivity contribution in [3.05, 3.63) is 93.3 Å². The summed E-state index contributed by atoms with van der Waals surface area (Å²) in [6.45, 7) is 0.459. The molecule has 0 bridgehead atoms. The minimum absolute atomic E-state index is 0.162. The molecule has 3 aromatic rings. The largest absolute Gasteiger partial charge is 0.489 e. The van der Waals surface area contributed by atoms with Gasteiger partial charge in [-0.2, -0.15) is 0 Å². The van der Waals surface area contributed by atoms with Crippen molar-refractivity contribution in [1.82, 2.24) is 0 Å². The molecule has 0 aliphatic carbocycles. The maximum atomic E-state index is 13.8. The summed E-state index contributed by atoms with van der Waals surface area (Å²) in [5, 5.41) is 2.57. The predicted octanol–water partition coefficient (Wildman–Crippen LogP) is 5.26. The molecular formula is C20H15FINO2. The molecule has 0 fully saturated rings. The van der Waals surface area contributed by atoms with Gasteiger partial charge in [0.25, 0.3) is 5.91 Å². The van der Waals surface area contributed by atoms with Crippen molar-refractivity contribution in [3.63, 3.8) is 0 Å². The molecule has 0 spiro atoms. The highest BCUT2D eigenvalue weighted by atomic mass is 127. The summed E-state index contributed by atoms with van der Waals surface area (Å²) in [6, 6.07) is 21.2. The number of amides is 1. The van der Waals surface area contributed by atoms with Gasteiger partial charge >= 0.3 is 0 Å². The van der Waals surface area contributed by atoms with Gasteiger partial charge in [-0.25, -0.2) is 4.39 Å². The summed E-state index contributed by atoms with van der Waals surface area (Å²) < 4.78 is 20.3. The molecule has 0 saturated heterocycles. The van der Waals surface area contributed by atoms with Crippen LogP contribution in [0.3, 0.4) is 0 Å². The molecule has 3 aromatic carbocycles. The lowest BCUT2D eigenvalue weighted by atomic mass is 10.2. The van der Waals surface area contributed by atoms with Gasteiger partial charge in [-0.15, -0.1) is 0 Å². The number of carbonyl (C=O) groups excluding carboxylic acids is 1. The number of hydrogen-bond acceptors (Lipinski definition) is 2. The van der Waals surface area contributed by atoms with E-state index >= 15 is 0 Å². The van der Waals surface area contributed by atoms with Crippen molar-refractivity contribution in [2.75, 3.05) is 5.32 Å². The first-order valence-electron chi connectivity index (χ1n) is 7.65. The van der Waals surface area contributed by atoms with Crippen LogP contribution in [0.2, 0.25) is 0 Å². The van der Waals surface area contributed by atoms with E-state index in [9.17, 15) is 9.18 Å². The van der Waals surface area contributed by atoms with Crippen molar-refractivity contribution >= 4 is 34.2 Å². The zero-order valence-corrected chi connectivity index (χ0v) is 15.4. The Labute approximate surface area is 159 Å². The van der Waals surface area contributed by atoms with E-state index in [-0.39, 0.29) is 11.6 Å². The van der Waals surface area contributed by atoms with E-state index in [0.29, 0.717) is 17.9 Å². The molecule has 5 heteroatoms. The number of carbonyl (C=O) groups is 1.